The van der Waals surface area contributed by atoms with Gasteiger partial charge in [0, 0.05) is 54.9 Å². The zero-order valence-electron chi connectivity index (χ0n) is 22.9. The summed E-state index contributed by atoms with van der Waals surface area (Å²) in [4.78, 5) is 31.3. The number of aliphatic hydroxyl groups is 1. The Labute approximate surface area is 237 Å². The van der Waals surface area contributed by atoms with E-state index < -0.39 is 5.60 Å². The van der Waals surface area contributed by atoms with Gasteiger partial charge in [0.1, 0.15) is 0 Å². The van der Waals surface area contributed by atoms with Crippen molar-refractivity contribution in [3.05, 3.63) is 90.3 Å². The maximum absolute atomic E-state index is 14.1. The highest BCUT2D eigenvalue weighted by Crippen LogP contribution is 2.55. The standard InChI is InChI=1S/C32H31N5O4/c1-3-14-36-27-11-10-23(37-28-9-5-7-21-6-4-8-25(29(21)28)30(37)39)18-26(27)32(31(36)40)20(2)17-24(41-32)12-15-35-19-22(13-16-38)33-34-35/h3-11,18-20,24,38H,1,12-17H2,2H3/t20-,24+,32+/m0/s1. The molecular formula is C32H31N5O4. The Kier molecular flexibility index (Phi) is 6.02. The summed E-state index contributed by atoms with van der Waals surface area (Å²) >= 11 is 0. The van der Waals surface area contributed by atoms with Crippen LogP contribution in [0.15, 0.2) is 73.4 Å². The molecule has 9 nitrogen and oxygen atoms in total. The van der Waals surface area contributed by atoms with Crippen LogP contribution in [0, 0.1) is 5.92 Å². The molecule has 4 aromatic rings. The number of aryl methyl sites for hydroxylation is 1. The molecule has 1 spiro atoms. The summed E-state index contributed by atoms with van der Waals surface area (Å²) in [7, 11) is 0. The van der Waals surface area contributed by atoms with E-state index in [0.717, 1.165) is 33.4 Å². The number of amides is 2. The molecular weight excluding hydrogens is 518 g/mol. The highest BCUT2D eigenvalue weighted by Gasteiger charge is 2.60. The van der Waals surface area contributed by atoms with Gasteiger partial charge >= 0.3 is 0 Å². The first kappa shape index (κ1) is 25.6. The van der Waals surface area contributed by atoms with E-state index in [1.807, 2.05) is 60.8 Å². The summed E-state index contributed by atoms with van der Waals surface area (Å²) < 4.78 is 8.50. The van der Waals surface area contributed by atoms with Gasteiger partial charge in [-0.15, -0.1) is 11.7 Å². The van der Waals surface area contributed by atoms with Gasteiger partial charge in [0.05, 0.1) is 28.7 Å². The first-order chi connectivity index (χ1) is 20.0. The van der Waals surface area contributed by atoms with E-state index in [2.05, 4.69) is 23.8 Å². The van der Waals surface area contributed by atoms with Gasteiger partial charge in [-0.2, -0.15) is 0 Å². The number of anilines is 3. The van der Waals surface area contributed by atoms with Gasteiger partial charge in [0.25, 0.3) is 11.8 Å². The quantitative estimate of drug-likeness (QED) is 0.325. The third-order valence-corrected chi connectivity index (χ3v) is 8.66. The minimum absolute atomic E-state index is 0.0272. The minimum Gasteiger partial charge on any atom is -0.396 e. The molecule has 0 radical (unpaired) electrons. The Morgan fingerprint density at radius 1 is 1.15 bits per heavy atom. The van der Waals surface area contributed by atoms with Crippen molar-refractivity contribution in [2.45, 2.75) is 44.4 Å². The second-order valence-corrected chi connectivity index (χ2v) is 11.1. The van der Waals surface area contributed by atoms with Gasteiger partial charge in [-0.3, -0.25) is 19.2 Å². The maximum Gasteiger partial charge on any atom is 0.264 e. The summed E-state index contributed by atoms with van der Waals surface area (Å²) in [6, 6.07) is 17.6. The number of ether oxygens (including phenoxy) is 1. The van der Waals surface area contributed by atoms with Crippen LogP contribution in [-0.2, 0) is 28.1 Å². The summed E-state index contributed by atoms with van der Waals surface area (Å²) in [5.41, 5.74) is 3.41. The second kappa shape index (κ2) is 9.64. The number of nitrogens with zero attached hydrogens (tertiary/aromatic N) is 5. The Morgan fingerprint density at radius 2 is 1.98 bits per heavy atom. The third kappa shape index (κ3) is 3.76. The normalized spacial score (nSPS) is 22.9. The Hall–Kier alpha value is -4.34. The van der Waals surface area contributed by atoms with Crippen molar-refractivity contribution < 1.29 is 19.4 Å². The van der Waals surface area contributed by atoms with E-state index in [1.165, 1.54) is 0 Å². The van der Waals surface area contributed by atoms with Gasteiger partial charge in [-0.05, 0) is 48.6 Å². The molecule has 208 valence electrons. The van der Waals surface area contributed by atoms with Gasteiger partial charge in [0.15, 0.2) is 5.60 Å². The largest absolute Gasteiger partial charge is 0.396 e. The zero-order valence-corrected chi connectivity index (χ0v) is 22.9. The lowest BCUT2D eigenvalue weighted by Crippen LogP contribution is -2.44. The van der Waals surface area contributed by atoms with Crippen LogP contribution in [0.4, 0.5) is 17.1 Å². The fraction of sp³-hybridized carbons (Fsp3) is 0.312. The lowest BCUT2D eigenvalue weighted by atomic mass is 9.82. The van der Waals surface area contributed by atoms with E-state index in [0.29, 0.717) is 43.6 Å². The van der Waals surface area contributed by atoms with Crippen LogP contribution in [-0.4, -0.2) is 51.2 Å². The highest BCUT2D eigenvalue weighted by molar-refractivity contribution is 6.28. The predicted molar refractivity (Wildman–Crippen MR) is 155 cm³/mol. The fourth-order valence-electron chi connectivity index (χ4n) is 6.81. The molecule has 41 heavy (non-hydrogen) atoms. The van der Waals surface area contributed by atoms with Gasteiger partial charge in [-0.25, -0.2) is 0 Å². The molecule has 4 heterocycles. The lowest BCUT2D eigenvalue weighted by molar-refractivity contribution is -0.145. The molecule has 2 amide bonds. The molecule has 1 saturated heterocycles. The molecule has 3 aromatic carbocycles. The van der Waals surface area contributed by atoms with Crippen molar-refractivity contribution in [1.29, 1.82) is 0 Å². The van der Waals surface area contributed by atoms with Crippen LogP contribution in [0.25, 0.3) is 10.8 Å². The van der Waals surface area contributed by atoms with Crippen molar-refractivity contribution in [2.24, 2.45) is 5.92 Å². The van der Waals surface area contributed by atoms with Crippen molar-refractivity contribution in [3.63, 3.8) is 0 Å². The first-order valence-corrected chi connectivity index (χ1v) is 14.1. The molecule has 1 aromatic heterocycles. The summed E-state index contributed by atoms with van der Waals surface area (Å²) in [6.07, 6.45) is 5.24. The molecule has 1 N–H and O–H groups in total. The molecule has 3 aliphatic rings. The number of aliphatic hydroxyl groups excluding tert-OH is 1. The fourth-order valence-corrected chi connectivity index (χ4v) is 6.81. The number of aromatic nitrogens is 3. The molecule has 0 bridgehead atoms. The number of carbonyl (C=O) groups excluding carboxylic acids is 2. The highest BCUT2D eigenvalue weighted by atomic mass is 16.5. The number of rotatable bonds is 8. The van der Waals surface area contributed by atoms with E-state index >= 15 is 0 Å². The molecule has 3 aliphatic heterocycles. The number of hydrogen-bond acceptors (Lipinski definition) is 6. The van der Waals surface area contributed by atoms with Crippen LogP contribution in [0.5, 0.6) is 0 Å². The van der Waals surface area contributed by atoms with E-state index in [-0.39, 0.29) is 30.4 Å². The van der Waals surface area contributed by atoms with Crippen molar-refractivity contribution in [1.82, 2.24) is 15.0 Å². The molecule has 7 rings (SSSR count). The zero-order chi connectivity index (χ0) is 28.3. The predicted octanol–water partition coefficient (Wildman–Crippen LogP) is 4.50. The maximum atomic E-state index is 14.1. The molecule has 0 aliphatic carbocycles. The topological polar surface area (TPSA) is 101 Å². The number of hydrogen-bond donors (Lipinski definition) is 1. The van der Waals surface area contributed by atoms with Gasteiger partial charge < -0.3 is 14.7 Å². The molecule has 1 fully saturated rings. The Balaban J connectivity index is 1.24. The SMILES string of the molecule is C=CCN1C(=O)[C@]2(O[C@H](CCn3cc(CCO)nn3)C[C@@H]2C)c2cc(N3C(=O)c4cccc5cccc3c45)ccc21. The first-order valence-electron chi connectivity index (χ1n) is 14.1. The summed E-state index contributed by atoms with van der Waals surface area (Å²) in [5.74, 6) is -0.257. The monoisotopic (exact) mass is 549 g/mol. The third-order valence-electron chi connectivity index (χ3n) is 8.66. The van der Waals surface area contributed by atoms with Crippen molar-refractivity contribution in [2.75, 3.05) is 23.0 Å². The van der Waals surface area contributed by atoms with Crippen molar-refractivity contribution in [3.8, 4) is 0 Å². The Morgan fingerprint density at radius 3 is 2.78 bits per heavy atom. The summed E-state index contributed by atoms with van der Waals surface area (Å²) in [6.45, 7) is 6.93. The van der Waals surface area contributed by atoms with Crippen LogP contribution >= 0.6 is 0 Å². The molecule has 0 saturated carbocycles. The molecule has 0 unspecified atom stereocenters. The average molecular weight is 550 g/mol. The Bertz CT molecular complexity index is 1710. The van der Waals surface area contributed by atoms with Gasteiger partial charge in [-0.1, -0.05) is 42.5 Å². The molecule has 9 heteroatoms. The average Bonchev–Trinajstić information content (AvgIpc) is 3.70. The van der Waals surface area contributed by atoms with E-state index in [9.17, 15) is 9.59 Å². The second-order valence-electron chi connectivity index (χ2n) is 11.1. The van der Waals surface area contributed by atoms with Crippen LogP contribution in [0.3, 0.4) is 0 Å². The van der Waals surface area contributed by atoms with Crippen LogP contribution < -0.4 is 9.80 Å². The number of fused-ring (bicyclic) bond motifs is 2. The summed E-state index contributed by atoms with van der Waals surface area (Å²) in [5, 5.41) is 19.4. The van der Waals surface area contributed by atoms with Crippen LogP contribution in [0.2, 0.25) is 0 Å². The van der Waals surface area contributed by atoms with Gasteiger partial charge in [0.2, 0.25) is 0 Å². The van der Waals surface area contributed by atoms with E-state index in [4.69, 9.17) is 9.84 Å². The number of benzene rings is 3. The smallest absolute Gasteiger partial charge is 0.264 e. The lowest BCUT2D eigenvalue weighted by Gasteiger charge is -2.28. The van der Waals surface area contributed by atoms with Crippen molar-refractivity contribution >= 4 is 39.6 Å². The van der Waals surface area contributed by atoms with Crippen LogP contribution in [0.1, 0.15) is 41.4 Å². The molecule has 3 atom stereocenters. The minimum atomic E-state index is -1.15. The number of carbonyl (C=O) groups is 2. The van der Waals surface area contributed by atoms with E-state index in [1.54, 1.807) is 20.6 Å².